The minimum atomic E-state index is 0.731. The van der Waals surface area contributed by atoms with Crippen LogP contribution in [0.5, 0.6) is 0 Å². The second-order valence-electron chi connectivity index (χ2n) is 2.58. The predicted octanol–water partition coefficient (Wildman–Crippen LogP) is 0.502. The van der Waals surface area contributed by atoms with Crippen molar-refractivity contribution < 1.29 is 0 Å². The number of hydrogen-bond donors (Lipinski definition) is 3. The van der Waals surface area contributed by atoms with Gasteiger partial charge in [0.25, 0.3) is 0 Å². The monoisotopic (exact) mass is 200 g/mol. The lowest BCUT2D eigenvalue weighted by atomic mass is 10.3. The molecule has 0 bridgehead atoms. The first-order valence-corrected chi connectivity index (χ1v) is 4.23. The van der Waals surface area contributed by atoms with Gasteiger partial charge in [0.1, 0.15) is 10.8 Å². The zero-order chi connectivity index (χ0) is 8.72. The van der Waals surface area contributed by atoms with Gasteiger partial charge in [0, 0.05) is 5.70 Å². The van der Waals surface area contributed by atoms with Gasteiger partial charge in [-0.2, -0.15) is 0 Å². The second-order valence-corrected chi connectivity index (χ2v) is 3.43. The first-order valence-electron chi connectivity index (χ1n) is 3.42. The Hall–Kier alpha value is -0.720. The predicted molar refractivity (Wildman–Crippen MR) is 53.4 cm³/mol. The van der Waals surface area contributed by atoms with Gasteiger partial charge in [-0.15, -0.1) is 5.53 Å². The van der Waals surface area contributed by atoms with Crippen LogP contribution in [0.4, 0.5) is 0 Å². The van der Waals surface area contributed by atoms with E-state index in [1.165, 1.54) is 0 Å². The number of hydrazine groups is 2. The number of thiocarbonyl (C=S) groups is 1. The van der Waals surface area contributed by atoms with E-state index in [2.05, 4.69) is 23.7 Å². The van der Waals surface area contributed by atoms with E-state index in [9.17, 15) is 0 Å². The van der Waals surface area contributed by atoms with E-state index in [1.54, 1.807) is 9.42 Å². The minimum absolute atomic E-state index is 0.731. The highest BCUT2D eigenvalue weighted by Crippen LogP contribution is 2.16. The Balaban J connectivity index is 2.31. The molecular weight excluding hydrogens is 192 g/mol. The number of thiol groups is 1. The van der Waals surface area contributed by atoms with E-state index in [0.717, 1.165) is 16.5 Å². The Labute approximate surface area is 81.4 Å². The van der Waals surface area contributed by atoms with Gasteiger partial charge in [0.15, 0.2) is 0 Å². The molecule has 4 nitrogen and oxygen atoms in total. The molecule has 0 spiro atoms. The summed E-state index contributed by atoms with van der Waals surface area (Å²) in [5.41, 5.74) is 3.95. The molecule has 2 aliphatic rings. The van der Waals surface area contributed by atoms with Crippen LogP contribution in [0.1, 0.15) is 6.92 Å². The van der Waals surface area contributed by atoms with Crippen LogP contribution in [0.15, 0.2) is 23.8 Å². The van der Waals surface area contributed by atoms with Crippen molar-refractivity contribution >= 4 is 30.0 Å². The van der Waals surface area contributed by atoms with Gasteiger partial charge in [-0.05, 0) is 25.8 Å². The Morgan fingerprint density at radius 3 is 3.08 bits per heavy atom. The first-order chi connectivity index (χ1) is 5.66. The third-order valence-electron chi connectivity index (χ3n) is 1.57. The zero-order valence-corrected chi connectivity index (χ0v) is 8.12. The maximum atomic E-state index is 5.12. The van der Waals surface area contributed by atoms with Gasteiger partial charge in [-0.3, -0.25) is 0 Å². The summed E-state index contributed by atoms with van der Waals surface area (Å²) in [5, 5.41) is 4.89. The average molecular weight is 200 g/mol. The van der Waals surface area contributed by atoms with Crippen molar-refractivity contribution in [2.75, 3.05) is 0 Å². The third kappa shape index (κ3) is 1.17. The van der Waals surface area contributed by atoms with Gasteiger partial charge in [0.2, 0.25) is 0 Å². The number of nitrogens with zero attached hydrogens (tertiary/aromatic N) is 2. The number of fused-ring (bicyclic) bond motifs is 1. The first kappa shape index (κ1) is 7.90. The SMILES string of the molecule is CC1=CC(=S)N2NN(S)C=C2N1. The fraction of sp³-hybridized carbons (Fsp3) is 0.167. The fourth-order valence-electron chi connectivity index (χ4n) is 1.10. The molecule has 6 heteroatoms. The standard InChI is InChI=1S/C6H8N4S2/c1-4-2-6(11)10-5(7-4)3-9(12)8-10/h2-3,7-8,12H,1H3. The van der Waals surface area contributed by atoms with Gasteiger partial charge in [-0.1, -0.05) is 12.2 Å². The summed E-state index contributed by atoms with van der Waals surface area (Å²) in [7, 11) is 0. The van der Waals surface area contributed by atoms with Crippen LogP contribution < -0.4 is 10.9 Å². The molecular formula is C6H8N4S2. The van der Waals surface area contributed by atoms with Crippen molar-refractivity contribution in [3.8, 4) is 0 Å². The smallest absolute Gasteiger partial charge is 0.146 e. The molecule has 0 unspecified atom stereocenters. The Bertz CT molecular complexity index is 296. The van der Waals surface area contributed by atoms with Crippen molar-refractivity contribution in [3.63, 3.8) is 0 Å². The summed E-state index contributed by atoms with van der Waals surface area (Å²) in [6, 6.07) is 0. The van der Waals surface area contributed by atoms with Gasteiger partial charge < -0.3 is 5.32 Å². The average Bonchev–Trinajstić information content (AvgIpc) is 2.29. The Kier molecular flexibility index (Phi) is 1.75. The molecule has 0 aromatic rings. The highest BCUT2D eigenvalue weighted by Gasteiger charge is 2.24. The fourth-order valence-corrected chi connectivity index (χ4v) is 1.62. The third-order valence-corrected chi connectivity index (χ3v) is 2.08. The Morgan fingerprint density at radius 1 is 1.58 bits per heavy atom. The maximum absolute atomic E-state index is 5.12. The van der Waals surface area contributed by atoms with Crippen LogP contribution in [0.3, 0.4) is 0 Å². The lowest BCUT2D eigenvalue weighted by molar-refractivity contribution is 0.294. The summed E-state index contributed by atoms with van der Waals surface area (Å²) >= 11 is 9.22. The van der Waals surface area contributed by atoms with Crippen LogP contribution in [0.25, 0.3) is 0 Å². The van der Waals surface area contributed by atoms with Crippen LogP contribution in [-0.4, -0.2) is 14.4 Å². The molecule has 64 valence electrons. The van der Waals surface area contributed by atoms with E-state index in [4.69, 9.17) is 12.2 Å². The molecule has 0 aromatic heterocycles. The molecule has 0 aliphatic carbocycles. The van der Waals surface area contributed by atoms with E-state index >= 15 is 0 Å². The minimum Gasteiger partial charge on any atom is -0.343 e. The summed E-state index contributed by atoms with van der Waals surface area (Å²) in [4.78, 5) is 0.731. The second kappa shape index (κ2) is 2.65. The number of hydrogen-bond acceptors (Lipinski definition) is 5. The number of nitrogens with one attached hydrogen (secondary N) is 2. The van der Waals surface area contributed by atoms with Crippen LogP contribution >= 0.6 is 25.0 Å². The normalized spacial score (nSPS) is 21.7. The number of rotatable bonds is 0. The number of allylic oxidation sites excluding steroid dienone is 1. The molecule has 2 N–H and O–H groups in total. The van der Waals surface area contributed by atoms with Crippen molar-refractivity contribution in [1.29, 1.82) is 0 Å². The van der Waals surface area contributed by atoms with Crippen molar-refractivity contribution in [1.82, 2.24) is 20.3 Å². The molecule has 0 saturated carbocycles. The van der Waals surface area contributed by atoms with Gasteiger partial charge in [-0.25, -0.2) is 9.42 Å². The molecule has 0 amide bonds. The molecule has 0 saturated heterocycles. The van der Waals surface area contributed by atoms with E-state index in [0.29, 0.717) is 0 Å². The molecule has 0 fully saturated rings. The molecule has 12 heavy (non-hydrogen) atoms. The molecule has 2 rings (SSSR count). The van der Waals surface area contributed by atoms with Crippen molar-refractivity contribution in [2.45, 2.75) is 6.92 Å². The van der Waals surface area contributed by atoms with Crippen molar-refractivity contribution in [2.24, 2.45) is 0 Å². The zero-order valence-electron chi connectivity index (χ0n) is 6.40. The van der Waals surface area contributed by atoms with Gasteiger partial charge >= 0.3 is 0 Å². The maximum Gasteiger partial charge on any atom is 0.146 e. The topological polar surface area (TPSA) is 30.5 Å². The van der Waals surface area contributed by atoms with E-state index < -0.39 is 0 Å². The van der Waals surface area contributed by atoms with E-state index in [1.807, 2.05) is 19.2 Å². The highest BCUT2D eigenvalue weighted by atomic mass is 32.1. The molecule has 0 atom stereocenters. The van der Waals surface area contributed by atoms with Crippen molar-refractivity contribution in [3.05, 3.63) is 23.8 Å². The summed E-state index contributed by atoms with van der Waals surface area (Å²) in [6.07, 6.45) is 3.69. The summed E-state index contributed by atoms with van der Waals surface area (Å²) in [5.74, 6) is 0.898. The summed E-state index contributed by atoms with van der Waals surface area (Å²) < 4.78 is 1.54. The van der Waals surface area contributed by atoms with Crippen LogP contribution in [0, 0.1) is 0 Å². The molecule has 2 aliphatic heterocycles. The highest BCUT2D eigenvalue weighted by molar-refractivity contribution is 7.80. The Morgan fingerprint density at radius 2 is 2.33 bits per heavy atom. The van der Waals surface area contributed by atoms with E-state index in [-0.39, 0.29) is 0 Å². The van der Waals surface area contributed by atoms with Gasteiger partial charge in [0.05, 0.1) is 6.20 Å². The molecule has 0 radical (unpaired) electrons. The van der Waals surface area contributed by atoms with Crippen LogP contribution in [0.2, 0.25) is 0 Å². The van der Waals surface area contributed by atoms with Crippen LogP contribution in [-0.2, 0) is 0 Å². The largest absolute Gasteiger partial charge is 0.343 e. The lowest BCUT2D eigenvalue weighted by Gasteiger charge is -2.26. The summed E-state index contributed by atoms with van der Waals surface area (Å²) in [6.45, 7) is 1.96. The quantitative estimate of drug-likeness (QED) is 0.391. The lowest BCUT2D eigenvalue weighted by Crippen LogP contribution is -2.44. The molecule has 2 heterocycles. The molecule has 0 aromatic carbocycles.